The predicted molar refractivity (Wildman–Crippen MR) is 128 cm³/mol. The average molecular weight is 424 g/mol. The Hall–Kier alpha value is -4.19. The summed E-state index contributed by atoms with van der Waals surface area (Å²) in [6.07, 6.45) is 4.12. The van der Waals surface area contributed by atoms with E-state index >= 15 is 0 Å². The van der Waals surface area contributed by atoms with Crippen LogP contribution in [0.25, 0.3) is 11.3 Å². The molecule has 32 heavy (non-hydrogen) atoms. The zero-order chi connectivity index (χ0) is 22.3. The molecule has 6 heteroatoms. The minimum absolute atomic E-state index is 0.450. The summed E-state index contributed by atoms with van der Waals surface area (Å²) in [5.74, 6) is -0.469. The second kappa shape index (κ2) is 9.75. The molecule has 2 aromatic carbocycles. The van der Waals surface area contributed by atoms with Gasteiger partial charge in [0.2, 0.25) is 5.91 Å². The first-order valence-electron chi connectivity index (χ1n) is 10.5. The van der Waals surface area contributed by atoms with Gasteiger partial charge in [0, 0.05) is 35.8 Å². The molecule has 2 heterocycles. The SMILES string of the molecule is NC(=O)C(c1cccnc1)c1ccc(-c2ccccc2)nc1NCCc1ccc(N)cc1. The van der Waals surface area contributed by atoms with Crippen LogP contribution in [-0.2, 0) is 11.2 Å². The monoisotopic (exact) mass is 423 g/mol. The van der Waals surface area contributed by atoms with Gasteiger partial charge in [-0.1, -0.05) is 54.6 Å². The Balaban J connectivity index is 1.68. The van der Waals surface area contributed by atoms with Crippen molar-refractivity contribution in [3.8, 4) is 11.3 Å². The molecule has 0 saturated carbocycles. The summed E-state index contributed by atoms with van der Waals surface area (Å²) in [6, 6.07) is 25.2. The second-order valence-electron chi connectivity index (χ2n) is 7.54. The Labute approximate surface area is 187 Å². The van der Waals surface area contributed by atoms with Crippen LogP contribution in [0.5, 0.6) is 0 Å². The van der Waals surface area contributed by atoms with Crippen molar-refractivity contribution < 1.29 is 4.79 Å². The summed E-state index contributed by atoms with van der Waals surface area (Å²) in [7, 11) is 0. The number of primary amides is 1. The van der Waals surface area contributed by atoms with Crippen molar-refractivity contribution in [3.05, 3.63) is 108 Å². The first kappa shape index (κ1) is 21.1. The molecular formula is C26H25N5O. The van der Waals surface area contributed by atoms with E-state index in [9.17, 15) is 4.79 Å². The van der Waals surface area contributed by atoms with Gasteiger partial charge in [0.1, 0.15) is 5.82 Å². The highest BCUT2D eigenvalue weighted by molar-refractivity contribution is 5.87. The normalized spacial score (nSPS) is 11.6. The number of nitrogens with two attached hydrogens (primary N) is 2. The first-order valence-corrected chi connectivity index (χ1v) is 10.5. The summed E-state index contributed by atoms with van der Waals surface area (Å²) in [5, 5.41) is 3.42. The Morgan fingerprint density at radius 2 is 1.72 bits per heavy atom. The second-order valence-corrected chi connectivity index (χ2v) is 7.54. The van der Waals surface area contributed by atoms with Gasteiger partial charge in [0.25, 0.3) is 0 Å². The van der Waals surface area contributed by atoms with Crippen LogP contribution >= 0.6 is 0 Å². The minimum Gasteiger partial charge on any atom is -0.399 e. The third-order valence-electron chi connectivity index (χ3n) is 5.30. The van der Waals surface area contributed by atoms with E-state index in [0.29, 0.717) is 12.4 Å². The van der Waals surface area contributed by atoms with E-state index in [1.807, 2.05) is 72.8 Å². The molecular weight excluding hydrogens is 398 g/mol. The Morgan fingerprint density at radius 3 is 2.41 bits per heavy atom. The molecule has 0 saturated heterocycles. The van der Waals surface area contributed by atoms with Gasteiger partial charge >= 0.3 is 0 Å². The molecule has 1 amide bonds. The maximum absolute atomic E-state index is 12.5. The van der Waals surface area contributed by atoms with Crippen molar-refractivity contribution in [1.29, 1.82) is 0 Å². The number of amides is 1. The fraction of sp³-hybridized carbons (Fsp3) is 0.115. The minimum atomic E-state index is -0.653. The van der Waals surface area contributed by atoms with E-state index in [4.69, 9.17) is 16.5 Å². The maximum Gasteiger partial charge on any atom is 0.229 e. The van der Waals surface area contributed by atoms with Crippen molar-refractivity contribution in [2.75, 3.05) is 17.6 Å². The molecule has 1 unspecified atom stereocenters. The molecule has 0 bridgehead atoms. The first-order chi connectivity index (χ1) is 15.6. The van der Waals surface area contributed by atoms with E-state index in [1.54, 1.807) is 18.5 Å². The highest BCUT2D eigenvalue weighted by Gasteiger charge is 2.24. The highest BCUT2D eigenvalue weighted by atomic mass is 16.1. The standard InChI is InChI=1S/C26H25N5O/c27-21-10-8-18(9-11-21)14-16-30-26-22(24(25(28)32)20-7-4-15-29-17-20)12-13-23(31-26)19-5-2-1-3-6-19/h1-13,15,17,24H,14,16,27H2,(H2,28,32)(H,30,31). The number of benzene rings is 2. The van der Waals surface area contributed by atoms with Crippen molar-refractivity contribution in [2.45, 2.75) is 12.3 Å². The summed E-state index contributed by atoms with van der Waals surface area (Å²) in [5.41, 5.74) is 16.8. The molecule has 4 rings (SSSR count). The molecule has 4 aromatic rings. The third-order valence-corrected chi connectivity index (χ3v) is 5.30. The predicted octanol–water partition coefficient (Wildman–Crippen LogP) is 4.00. The lowest BCUT2D eigenvalue weighted by Gasteiger charge is -2.19. The lowest BCUT2D eigenvalue weighted by molar-refractivity contribution is -0.118. The highest BCUT2D eigenvalue weighted by Crippen LogP contribution is 2.31. The number of hydrogen-bond acceptors (Lipinski definition) is 5. The van der Waals surface area contributed by atoms with Crippen molar-refractivity contribution in [2.24, 2.45) is 5.73 Å². The topological polar surface area (TPSA) is 107 Å². The number of carbonyl (C=O) groups is 1. The Morgan fingerprint density at radius 1 is 0.938 bits per heavy atom. The van der Waals surface area contributed by atoms with Gasteiger partial charge in [-0.15, -0.1) is 0 Å². The molecule has 0 aliphatic rings. The average Bonchev–Trinajstić information content (AvgIpc) is 2.82. The molecule has 0 aliphatic carbocycles. The van der Waals surface area contributed by atoms with E-state index in [2.05, 4.69) is 10.3 Å². The molecule has 0 spiro atoms. The lowest BCUT2D eigenvalue weighted by Crippen LogP contribution is -2.24. The summed E-state index contributed by atoms with van der Waals surface area (Å²) >= 11 is 0. The van der Waals surface area contributed by atoms with Crippen LogP contribution in [0.15, 0.2) is 91.3 Å². The van der Waals surface area contributed by atoms with Gasteiger partial charge in [0.05, 0.1) is 11.6 Å². The van der Waals surface area contributed by atoms with Gasteiger partial charge in [-0.25, -0.2) is 4.98 Å². The zero-order valence-corrected chi connectivity index (χ0v) is 17.6. The van der Waals surface area contributed by atoms with Crippen LogP contribution in [0, 0.1) is 0 Å². The quantitative estimate of drug-likeness (QED) is 0.371. The van der Waals surface area contributed by atoms with Crippen LogP contribution in [-0.4, -0.2) is 22.4 Å². The number of anilines is 2. The number of rotatable bonds is 8. The van der Waals surface area contributed by atoms with Crippen LogP contribution in [0.3, 0.4) is 0 Å². The van der Waals surface area contributed by atoms with Crippen LogP contribution in [0.1, 0.15) is 22.6 Å². The van der Waals surface area contributed by atoms with Crippen molar-refractivity contribution in [3.63, 3.8) is 0 Å². The fourth-order valence-corrected chi connectivity index (χ4v) is 3.67. The lowest BCUT2D eigenvalue weighted by atomic mass is 9.91. The summed E-state index contributed by atoms with van der Waals surface area (Å²) in [6.45, 7) is 0.640. The van der Waals surface area contributed by atoms with E-state index in [1.165, 1.54) is 0 Å². The summed E-state index contributed by atoms with van der Waals surface area (Å²) < 4.78 is 0. The molecule has 160 valence electrons. The molecule has 6 nitrogen and oxygen atoms in total. The van der Waals surface area contributed by atoms with E-state index < -0.39 is 11.8 Å². The third kappa shape index (κ3) is 4.92. The maximum atomic E-state index is 12.5. The number of carbonyl (C=O) groups excluding carboxylic acids is 1. The van der Waals surface area contributed by atoms with Crippen molar-refractivity contribution in [1.82, 2.24) is 9.97 Å². The Bertz CT molecular complexity index is 1180. The number of hydrogen-bond donors (Lipinski definition) is 3. The molecule has 0 radical (unpaired) electrons. The van der Waals surface area contributed by atoms with Gasteiger partial charge in [0.15, 0.2) is 0 Å². The van der Waals surface area contributed by atoms with E-state index in [-0.39, 0.29) is 0 Å². The largest absolute Gasteiger partial charge is 0.399 e. The Kier molecular flexibility index (Phi) is 6.41. The molecule has 2 aromatic heterocycles. The van der Waals surface area contributed by atoms with Crippen LogP contribution < -0.4 is 16.8 Å². The molecule has 0 fully saturated rings. The van der Waals surface area contributed by atoms with Gasteiger partial charge in [-0.05, 0) is 41.8 Å². The number of pyridine rings is 2. The zero-order valence-electron chi connectivity index (χ0n) is 17.6. The van der Waals surface area contributed by atoms with Gasteiger partial charge in [-0.2, -0.15) is 0 Å². The number of nitrogens with one attached hydrogen (secondary N) is 1. The van der Waals surface area contributed by atoms with Crippen molar-refractivity contribution >= 4 is 17.4 Å². The van der Waals surface area contributed by atoms with E-state index in [0.717, 1.165) is 40.1 Å². The number of aromatic nitrogens is 2. The number of nitrogens with zero attached hydrogens (tertiary/aromatic N) is 2. The molecule has 5 N–H and O–H groups in total. The molecule has 1 atom stereocenters. The fourth-order valence-electron chi connectivity index (χ4n) is 3.67. The summed E-state index contributed by atoms with van der Waals surface area (Å²) in [4.78, 5) is 21.5. The van der Waals surface area contributed by atoms with Gasteiger partial charge in [-0.3, -0.25) is 9.78 Å². The van der Waals surface area contributed by atoms with Crippen LogP contribution in [0.2, 0.25) is 0 Å². The smallest absolute Gasteiger partial charge is 0.229 e. The number of nitrogen functional groups attached to an aromatic ring is 1. The van der Waals surface area contributed by atoms with Gasteiger partial charge < -0.3 is 16.8 Å². The van der Waals surface area contributed by atoms with Crippen LogP contribution in [0.4, 0.5) is 11.5 Å². The molecule has 0 aliphatic heterocycles.